The van der Waals surface area contributed by atoms with Gasteiger partial charge in [-0.15, -0.1) is 0 Å². The van der Waals surface area contributed by atoms with E-state index in [4.69, 9.17) is 5.11 Å². The van der Waals surface area contributed by atoms with Crippen LogP contribution in [0, 0.1) is 0 Å². The Morgan fingerprint density at radius 3 is 2.28 bits per heavy atom. The van der Waals surface area contributed by atoms with Crippen LogP contribution in [-0.2, 0) is 4.79 Å². The van der Waals surface area contributed by atoms with Crippen LogP contribution in [-0.4, -0.2) is 23.7 Å². The molecule has 2 N–H and O–H groups in total. The molecule has 0 saturated carbocycles. The van der Waals surface area contributed by atoms with E-state index in [1.165, 1.54) is 19.1 Å². The molecule has 0 amide bonds. The van der Waals surface area contributed by atoms with E-state index in [1.54, 1.807) is 19.1 Å². The van der Waals surface area contributed by atoms with Crippen LogP contribution in [0.3, 0.4) is 0 Å². The van der Waals surface area contributed by atoms with E-state index in [1.807, 2.05) is 0 Å². The third-order valence-corrected chi connectivity index (χ3v) is 2.48. The second-order valence-electron chi connectivity index (χ2n) is 3.90. The molecule has 2 unspecified atom stereocenters. The minimum atomic E-state index is -2.85. The Kier molecular flexibility index (Phi) is 5.03. The van der Waals surface area contributed by atoms with Crippen molar-refractivity contribution in [1.82, 2.24) is 5.32 Å². The topological polar surface area (TPSA) is 58.6 Å². The highest BCUT2D eigenvalue weighted by Crippen LogP contribution is 2.19. The molecular weight excluding hydrogens is 244 g/mol. The molecule has 0 aliphatic rings. The zero-order valence-electron chi connectivity index (χ0n) is 10.1. The van der Waals surface area contributed by atoms with Gasteiger partial charge in [-0.2, -0.15) is 8.78 Å². The molecule has 0 bridgehead atoms. The summed E-state index contributed by atoms with van der Waals surface area (Å²) in [4.78, 5) is 10.7. The zero-order valence-corrected chi connectivity index (χ0v) is 10.1. The van der Waals surface area contributed by atoms with Crippen molar-refractivity contribution in [2.75, 3.05) is 0 Å². The molecule has 6 heteroatoms. The summed E-state index contributed by atoms with van der Waals surface area (Å²) in [7, 11) is 0. The highest BCUT2D eigenvalue weighted by Gasteiger charge is 2.15. The van der Waals surface area contributed by atoms with E-state index in [-0.39, 0.29) is 11.8 Å². The first kappa shape index (κ1) is 14.4. The zero-order chi connectivity index (χ0) is 13.7. The van der Waals surface area contributed by atoms with E-state index in [0.29, 0.717) is 0 Å². The smallest absolute Gasteiger partial charge is 0.387 e. The molecule has 1 rings (SSSR count). The number of ether oxygens (including phenoxy) is 1. The van der Waals surface area contributed by atoms with E-state index in [9.17, 15) is 13.6 Å². The summed E-state index contributed by atoms with van der Waals surface area (Å²) >= 11 is 0. The number of nitrogens with one attached hydrogen (secondary N) is 1. The third kappa shape index (κ3) is 4.29. The number of hydrogen-bond donors (Lipinski definition) is 2. The average molecular weight is 259 g/mol. The summed E-state index contributed by atoms with van der Waals surface area (Å²) in [6.07, 6.45) is 0. The third-order valence-electron chi connectivity index (χ3n) is 2.48. The lowest BCUT2D eigenvalue weighted by atomic mass is 10.1. The SMILES string of the molecule is CC(NC(C)c1ccc(OC(F)F)cc1)C(=O)O. The van der Waals surface area contributed by atoms with Crippen molar-refractivity contribution < 1.29 is 23.4 Å². The molecule has 0 aliphatic heterocycles. The summed E-state index contributed by atoms with van der Waals surface area (Å²) in [6.45, 7) is 0.480. The first-order chi connectivity index (χ1) is 8.40. The predicted molar refractivity (Wildman–Crippen MR) is 61.7 cm³/mol. The van der Waals surface area contributed by atoms with Gasteiger partial charge in [-0.3, -0.25) is 10.1 Å². The molecule has 100 valence electrons. The van der Waals surface area contributed by atoms with Crippen molar-refractivity contribution in [3.05, 3.63) is 29.8 Å². The molecule has 0 aliphatic carbocycles. The molecule has 0 radical (unpaired) electrons. The fourth-order valence-corrected chi connectivity index (χ4v) is 1.48. The highest BCUT2D eigenvalue weighted by molar-refractivity contribution is 5.72. The molecule has 1 aromatic rings. The molecule has 18 heavy (non-hydrogen) atoms. The summed E-state index contributed by atoms with van der Waals surface area (Å²) in [6, 6.07) is 5.19. The molecule has 2 atom stereocenters. The van der Waals surface area contributed by atoms with Crippen molar-refractivity contribution in [3.8, 4) is 5.75 Å². The monoisotopic (exact) mass is 259 g/mol. The van der Waals surface area contributed by atoms with Crippen LogP contribution in [0.4, 0.5) is 8.78 Å². The summed E-state index contributed by atoms with van der Waals surface area (Å²) in [5, 5.41) is 11.6. The van der Waals surface area contributed by atoms with Gasteiger partial charge in [-0.25, -0.2) is 0 Å². The summed E-state index contributed by atoms with van der Waals surface area (Å²) in [5.74, 6) is -0.869. The number of benzene rings is 1. The lowest BCUT2D eigenvalue weighted by Gasteiger charge is -2.17. The maximum Gasteiger partial charge on any atom is 0.387 e. The Hall–Kier alpha value is -1.69. The Labute approximate surface area is 104 Å². The van der Waals surface area contributed by atoms with Crippen LogP contribution in [0.5, 0.6) is 5.75 Å². The van der Waals surface area contributed by atoms with Gasteiger partial charge < -0.3 is 9.84 Å². The number of alkyl halides is 2. The molecule has 1 aromatic carbocycles. The number of halogens is 2. The first-order valence-electron chi connectivity index (χ1n) is 5.43. The van der Waals surface area contributed by atoms with E-state index in [0.717, 1.165) is 5.56 Å². The van der Waals surface area contributed by atoms with Gasteiger partial charge in [0.2, 0.25) is 0 Å². The van der Waals surface area contributed by atoms with E-state index < -0.39 is 18.6 Å². The number of rotatable bonds is 6. The van der Waals surface area contributed by atoms with E-state index >= 15 is 0 Å². The van der Waals surface area contributed by atoms with Crippen molar-refractivity contribution in [2.45, 2.75) is 32.5 Å². The molecule has 0 heterocycles. The van der Waals surface area contributed by atoms with Gasteiger partial charge in [0.05, 0.1) is 0 Å². The maximum atomic E-state index is 11.9. The number of hydrogen-bond acceptors (Lipinski definition) is 3. The van der Waals surface area contributed by atoms with Gasteiger partial charge in [0.1, 0.15) is 11.8 Å². The molecule has 0 spiro atoms. The molecule has 4 nitrogen and oxygen atoms in total. The molecular formula is C12H15F2NO3. The van der Waals surface area contributed by atoms with Crippen molar-refractivity contribution in [3.63, 3.8) is 0 Å². The van der Waals surface area contributed by atoms with Crippen LogP contribution in [0.25, 0.3) is 0 Å². The number of carboxylic acids is 1. The van der Waals surface area contributed by atoms with E-state index in [2.05, 4.69) is 10.1 Å². The summed E-state index contributed by atoms with van der Waals surface area (Å²) in [5.41, 5.74) is 0.796. The van der Waals surface area contributed by atoms with Crippen molar-refractivity contribution >= 4 is 5.97 Å². The lowest BCUT2D eigenvalue weighted by Crippen LogP contribution is -2.35. The van der Waals surface area contributed by atoms with Crippen LogP contribution >= 0.6 is 0 Å². The summed E-state index contributed by atoms with van der Waals surface area (Å²) < 4.78 is 28.1. The Balaban J connectivity index is 2.64. The van der Waals surface area contributed by atoms with Crippen molar-refractivity contribution in [1.29, 1.82) is 0 Å². The number of carbonyl (C=O) groups is 1. The number of carboxylic acid groups (broad SMARTS) is 1. The van der Waals surface area contributed by atoms with Crippen LogP contribution in [0.2, 0.25) is 0 Å². The molecule has 0 fully saturated rings. The van der Waals surface area contributed by atoms with Gasteiger partial charge >= 0.3 is 12.6 Å². The Morgan fingerprint density at radius 2 is 1.83 bits per heavy atom. The Bertz CT molecular complexity index is 395. The van der Waals surface area contributed by atoms with Crippen LogP contribution < -0.4 is 10.1 Å². The second-order valence-corrected chi connectivity index (χ2v) is 3.90. The normalized spacial score (nSPS) is 14.3. The predicted octanol–water partition coefficient (Wildman–Crippen LogP) is 2.41. The Morgan fingerprint density at radius 1 is 1.28 bits per heavy atom. The minimum Gasteiger partial charge on any atom is -0.480 e. The minimum absolute atomic E-state index is 0.0761. The standard InChI is InChI=1S/C12H15F2NO3/c1-7(15-8(2)11(16)17)9-3-5-10(6-4-9)18-12(13)14/h3-8,12,15H,1-2H3,(H,16,17). The van der Waals surface area contributed by atoms with Gasteiger partial charge in [0.25, 0.3) is 0 Å². The van der Waals surface area contributed by atoms with Crippen LogP contribution in [0.1, 0.15) is 25.5 Å². The number of aliphatic carboxylic acids is 1. The van der Waals surface area contributed by atoms with Gasteiger partial charge in [0, 0.05) is 6.04 Å². The average Bonchev–Trinajstić information content (AvgIpc) is 2.28. The van der Waals surface area contributed by atoms with Gasteiger partial charge in [-0.1, -0.05) is 12.1 Å². The molecule has 0 aromatic heterocycles. The quantitative estimate of drug-likeness (QED) is 0.823. The van der Waals surface area contributed by atoms with Gasteiger partial charge in [0.15, 0.2) is 0 Å². The lowest BCUT2D eigenvalue weighted by molar-refractivity contribution is -0.139. The second kappa shape index (κ2) is 6.30. The molecule has 0 saturated heterocycles. The fraction of sp³-hybridized carbons (Fsp3) is 0.417. The highest BCUT2D eigenvalue weighted by atomic mass is 19.3. The largest absolute Gasteiger partial charge is 0.480 e. The van der Waals surface area contributed by atoms with Crippen molar-refractivity contribution in [2.24, 2.45) is 0 Å². The van der Waals surface area contributed by atoms with Gasteiger partial charge in [-0.05, 0) is 31.5 Å². The fourth-order valence-electron chi connectivity index (χ4n) is 1.48. The maximum absolute atomic E-state index is 11.9. The van der Waals surface area contributed by atoms with Crippen LogP contribution in [0.15, 0.2) is 24.3 Å². The first-order valence-corrected chi connectivity index (χ1v) is 5.43.